The molecule has 8 heteroatoms. The van der Waals surface area contributed by atoms with Crippen LogP contribution in [0.2, 0.25) is 0 Å². The highest BCUT2D eigenvalue weighted by Gasteiger charge is 2.22. The van der Waals surface area contributed by atoms with Gasteiger partial charge >= 0.3 is 5.97 Å². The largest absolute Gasteiger partial charge is 0.465 e. The van der Waals surface area contributed by atoms with E-state index in [0.717, 1.165) is 39.5 Å². The maximum absolute atomic E-state index is 12.3. The van der Waals surface area contributed by atoms with Gasteiger partial charge in [-0.1, -0.05) is 19.1 Å². The van der Waals surface area contributed by atoms with Crippen molar-refractivity contribution >= 4 is 45.3 Å². The van der Waals surface area contributed by atoms with Crippen LogP contribution in [0, 0.1) is 20.8 Å². The Hall–Kier alpha value is -2.71. The van der Waals surface area contributed by atoms with E-state index in [-0.39, 0.29) is 5.97 Å². The molecular formula is C22H26N4O2S2. The molecule has 30 heavy (non-hydrogen) atoms. The van der Waals surface area contributed by atoms with Crippen molar-refractivity contribution in [3.05, 3.63) is 63.3 Å². The van der Waals surface area contributed by atoms with Crippen molar-refractivity contribution in [2.75, 3.05) is 17.7 Å². The Morgan fingerprint density at radius 3 is 2.63 bits per heavy atom. The number of thiocarbonyl (C=S) groups is 1. The fourth-order valence-corrected chi connectivity index (χ4v) is 4.85. The Morgan fingerprint density at radius 2 is 2.00 bits per heavy atom. The number of hydrogen-bond donors (Lipinski definition) is 2. The van der Waals surface area contributed by atoms with Gasteiger partial charge in [-0.3, -0.25) is 4.68 Å². The summed E-state index contributed by atoms with van der Waals surface area (Å²) in [7, 11) is 1.39. The Kier molecular flexibility index (Phi) is 6.89. The highest BCUT2D eigenvalue weighted by molar-refractivity contribution is 7.80. The summed E-state index contributed by atoms with van der Waals surface area (Å²) in [5.74, 6) is -0.353. The van der Waals surface area contributed by atoms with E-state index in [1.807, 2.05) is 50.6 Å². The molecule has 0 aliphatic heterocycles. The number of ether oxygens (including phenoxy) is 1. The Morgan fingerprint density at radius 1 is 1.23 bits per heavy atom. The third-order valence-corrected chi connectivity index (χ3v) is 6.07. The van der Waals surface area contributed by atoms with E-state index >= 15 is 0 Å². The van der Waals surface area contributed by atoms with E-state index in [1.165, 1.54) is 18.4 Å². The number of nitrogens with zero attached hydrogens (tertiary/aromatic N) is 2. The van der Waals surface area contributed by atoms with Crippen molar-refractivity contribution < 1.29 is 9.53 Å². The standard InChI is InChI=1S/C22H26N4O2S2/c1-6-18-15(4)30-20(19(18)21(27)28-5)24-22(29)23-17-9-7-8-16(11-17)12-26-14(3)10-13(2)25-26/h7-11H,6,12H2,1-5H3,(H2,23,24,29). The Balaban J connectivity index is 1.74. The molecule has 1 aromatic carbocycles. The third kappa shape index (κ3) is 4.88. The zero-order valence-electron chi connectivity index (χ0n) is 17.8. The molecule has 0 fully saturated rings. The number of aromatic nitrogens is 2. The monoisotopic (exact) mass is 442 g/mol. The smallest absolute Gasteiger partial charge is 0.341 e. The molecule has 0 radical (unpaired) electrons. The molecule has 0 atom stereocenters. The molecule has 158 valence electrons. The van der Waals surface area contributed by atoms with Crippen molar-refractivity contribution in [2.24, 2.45) is 0 Å². The predicted molar refractivity (Wildman–Crippen MR) is 127 cm³/mol. The molecular weight excluding hydrogens is 416 g/mol. The van der Waals surface area contributed by atoms with Crippen LogP contribution in [0.4, 0.5) is 10.7 Å². The number of hydrogen-bond acceptors (Lipinski definition) is 5. The topological polar surface area (TPSA) is 68.2 Å². The lowest BCUT2D eigenvalue weighted by Crippen LogP contribution is -2.20. The van der Waals surface area contributed by atoms with Crippen LogP contribution in [0.1, 0.15) is 44.7 Å². The second kappa shape index (κ2) is 9.40. The highest BCUT2D eigenvalue weighted by atomic mass is 32.1. The number of thiophene rings is 1. The molecule has 3 aromatic rings. The van der Waals surface area contributed by atoms with Gasteiger partial charge in [0.05, 0.1) is 24.9 Å². The number of methoxy groups -OCH3 is 1. The summed E-state index contributed by atoms with van der Waals surface area (Å²) in [5, 5.41) is 12.0. The molecule has 6 nitrogen and oxygen atoms in total. The van der Waals surface area contributed by atoms with Gasteiger partial charge in [-0.25, -0.2) is 4.79 Å². The summed E-state index contributed by atoms with van der Waals surface area (Å²) in [6, 6.07) is 10.1. The molecule has 3 rings (SSSR count). The van der Waals surface area contributed by atoms with Crippen LogP contribution in [-0.2, 0) is 17.7 Å². The van der Waals surface area contributed by atoms with Gasteiger partial charge < -0.3 is 15.4 Å². The number of nitrogens with one attached hydrogen (secondary N) is 2. The van der Waals surface area contributed by atoms with Crippen molar-refractivity contribution in [1.29, 1.82) is 0 Å². The minimum absolute atomic E-state index is 0.353. The van der Waals surface area contributed by atoms with Gasteiger partial charge in [0.25, 0.3) is 0 Å². The lowest BCUT2D eigenvalue weighted by Gasteiger charge is -2.12. The lowest BCUT2D eigenvalue weighted by molar-refractivity contribution is 0.0601. The molecule has 0 unspecified atom stereocenters. The van der Waals surface area contributed by atoms with Crippen molar-refractivity contribution in [1.82, 2.24) is 9.78 Å². The summed E-state index contributed by atoms with van der Waals surface area (Å²) < 4.78 is 6.95. The quantitative estimate of drug-likeness (QED) is 0.410. The van der Waals surface area contributed by atoms with Crippen LogP contribution in [-0.4, -0.2) is 28.0 Å². The van der Waals surface area contributed by atoms with Crippen LogP contribution in [0.3, 0.4) is 0 Å². The van der Waals surface area contributed by atoms with Gasteiger partial charge in [0.1, 0.15) is 5.00 Å². The fourth-order valence-electron chi connectivity index (χ4n) is 3.43. The minimum Gasteiger partial charge on any atom is -0.465 e. The number of benzene rings is 1. The molecule has 2 heterocycles. The van der Waals surface area contributed by atoms with Crippen molar-refractivity contribution in [2.45, 2.75) is 40.7 Å². The molecule has 0 spiro atoms. The molecule has 0 saturated carbocycles. The minimum atomic E-state index is -0.353. The van der Waals surface area contributed by atoms with Gasteiger partial charge in [-0.2, -0.15) is 5.10 Å². The zero-order chi connectivity index (χ0) is 21.8. The van der Waals surface area contributed by atoms with Gasteiger partial charge in [-0.15, -0.1) is 11.3 Å². The summed E-state index contributed by atoms with van der Waals surface area (Å²) in [4.78, 5) is 13.4. The second-order valence-corrected chi connectivity index (χ2v) is 8.68. The maximum atomic E-state index is 12.3. The molecule has 0 saturated heterocycles. The van der Waals surface area contributed by atoms with Crippen LogP contribution in [0.15, 0.2) is 30.3 Å². The SMILES string of the molecule is CCc1c(C)sc(NC(=S)Nc2cccc(Cn3nc(C)cc3C)c2)c1C(=O)OC. The van der Waals surface area contributed by atoms with Gasteiger partial charge in [0.2, 0.25) is 0 Å². The molecule has 0 aliphatic rings. The average Bonchev–Trinajstić information content (AvgIpc) is 3.18. The van der Waals surface area contributed by atoms with E-state index in [1.54, 1.807) is 0 Å². The van der Waals surface area contributed by atoms with E-state index in [4.69, 9.17) is 17.0 Å². The van der Waals surface area contributed by atoms with E-state index in [0.29, 0.717) is 22.2 Å². The average molecular weight is 443 g/mol. The van der Waals surface area contributed by atoms with Gasteiger partial charge in [0, 0.05) is 16.3 Å². The fraction of sp³-hybridized carbons (Fsp3) is 0.318. The number of rotatable bonds is 6. The van der Waals surface area contributed by atoms with Crippen LogP contribution in [0.25, 0.3) is 0 Å². The third-order valence-electron chi connectivity index (χ3n) is 4.80. The predicted octanol–water partition coefficient (Wildman–Crippen LogP) is 5.08. The second-order valence-electron chi connectivity index (χ2n) is 7.05. The normalized spacial score (nSPS) is 10.7. The number of carbonyl (C=O) groups excluding carboxylic acids is 1. The first-order valence-electron chi connectivity index (χ1n) is 9.71. The molecule has 0 aliphatic carbocycles. The van der Waals surface area contributed by atoms with Crippen LogP contribution < -0.4 is 10.6 Å². The summed E-state index contributed by atoms with van der Waals surface area (Å²) >= 11 is 7.01. The van der Waals surface area contributed by atoms with E-state index in [9.17, 15) is 4.79 Å². The number of aryl methyl sites for hydroxylation is 3. The molecule has 0 amide bonds. The number of carbonyl (C=O) groups is 1. The number of anilines is 2. The first-order chi connectivity index (χ1) is 14.3. The maximum Gasteiger partial charge on any atom is 0.341 e. The van der Waals surface area contributed by atoms with Gasteiger partial charge in [-0.05, 0) is 68.7 Å². The van der Waals surface area contributed by atoms with Crippen LogP contribution >= 0.6 is 23.6 Å². The Bertz CT molecular complexity index is 1080. The molecule has 2 aromatic heterocycles. The number of esters is 1. The van der Waals surface area contributed by atoms with Crippen molar-refractivity contribution in [3.8, 4) is 0 Å². The van der Waals surface area contributed by atoms with Gasteiger partial charge in [0.15, 0.2) is 5.11 Å². The highest BCUT2D eigenvalue weighted by Crippen LogP contribution is 2.34. The molecule has 0 bridgehead atoms. The first-order valence-corrected chi connectivity index (χ1v) is 10.9. The van der Waals surface area contributed by atoms with Crippen molar-refractivity contribution in [3.63, 3.8) is 0 Å². The zero-order valence-corrected chi connectivity index (χ0v) is 19.5. The summed E-state index contributed by atoms with van der Waals surface area (Å²) in [6.07, 6.45) is 0.753. The lowest BCUT2D eigenvalue weighted by atomic mass is 10.1. The summed E-state index contributed by atoms with van der Waals surface area (Å²) in [5.41, 5.74) is 5.66. The van der Waals surface area contributed by atoms with Crippen LogP contribution in [0.5, 0.6) is 0 Å². The van der Waals surface area contributed by atoms with E-state index in [2.05, 4.69) is 27.9 Å². The van der Waals surface area contributed by atoms with E-state index < -0.39 is 0 Å². The molecule has 2 N–H and O–H groups in total. The summed E-state index contributed by atoms with van der Waals surface area (Å²) in [6.45, 7) is 8.75. The first kappa shape index (κ1) is 22.0. The Labute approximate surface area is 186 Å².